The molecule has 2 aliphatic rings. The Bertz CT molecular complexity index is 1070. The number of anilines is 1. The summed E-state index contributed by atoms with van der Waals surface area (Å²) in [7, 11) is -1.49. The van der Waals surface area contributed by atoms with Crippen molar-refractivity contribution in [1.82, 2.24) is 5.32 Å². The maximum Gasteiger partial charge on any atom is 0.220 e. The van der Waals surface area contributed by atoms with Gasteiger partial charge in [-0.2, -0.15) is 0 Å². The van der Waals surface area contributed by atoms with Gasteiger partial charge in [0.2, 0.25) is 5.91 Å². The molecule has 6 nitrogen and oxygen atoms in total. The number of hydrogen-bond acceptors (Lipinski definition) is 5. The molecule has 1 atom stereocenters. The lowest BCUT2D eigenvalue weighted by atomic mass is 9.81. The maximum absolute atomic E-state index is 12.8. The monoisotopic (exact) mass is 470 g/mol. The Labute approximate surface area is 197 Å². The van der Waals surface area contributed by atoms with Gasteiger partial charge in [0.15, 0.2) is 9.84 Å². The lowest BCUT2D eigenvalue weighted by Gasteiger charge is -2.34. The van der Waals surface area contributed by atoms with Crippen LogP contribution in [-0.4, -0.2) is 46.3 Å². The van der Waals surface area contributed by atoms with Crippen molar-refractivity contribution in [3.05, 3.63) is 53.6 Å². The third-order valence-electron chi connectivity index (χ3n) is 7.02. The van der Waals surface area contributed by atoms with E-state index in [2.05, 4.69) is 22.3 Å². The molecule has 1 N–H and O–H groups in total. The molecular formula is C26H34N2O4S. The number of carbonyl (C=O) groups is 1. The predicted molar refractivity (Wildman–Crippen MR) is 131 cm³/mol. The average molecular weight is 471 g/mol. The van der Waals surface area contributed by atoms with Crippen molar-refractivity contribution in [3.8, 4) is 5.75 Å². The van der Waals surface area contributed by atoms with Gasteiger partial charge >= 0.3 is 0 Å². The first-order valence-electron chi connectivity index (χ1n) is 11.9. The minimum atomic E-state index is -3.17. The smallest absolute Gasteiger partial charge is 0.220 e. The summed E-state index contributed by atoms with van der Waals surface area (Å²) in [4.78, 5) is 15.5. The van der Waals surface area contributed by atoms with E-state index >= 15 is 0 Å². The number of nitrogens with one attached hydrogen (secondary N) is 1. The third-order valence-corrected chi connectivity index (χ3v) is 8.77. The zero-order valence-corrected chi connectivity index (χ0v) is 20.4. The van der Waals surface area contributed by atoms with Crippen molar-refractivity contribution in [1.29, 1.82) is 0 Å². The zero-order valence-electron chi connectivity index (χ0n) is 19.5. The van der Waals surface area contributed by atoms with Crippen molar-refractivity contribution < 1.29 is 17.9 Å². The minimum Gasteiger partial charge on any atom is -0.497 e. The summed E-state index contributed by atoms with van der Waals surface area (Å²) in [6.07, 6.45) is 5.52. The fraction of sp³-hybridized carbons (Fsp3) is 0.500. The minimum absolute atomic E-state index is 0.109. The summed E-state index contributed by atoms with van der Waals surface area (Å²) in [6, 6.07) is 13.6. The van der Waals surface area contributed by atoms with Crippen LogP contribution >= 0.6 is 0 Å². The Morgan fingerprint density at radius 3 is 2.48 bits per heavy atom. The second-order valence-electron chi connectivity index (χ2n) is 9.08. The van der Waals surface area contributed by atoms with Crippen molar-refractivity contribution in [2.75, 3.05) is 30.9 Å². The number of nitrogens with zero attached hydrogens (tertiary/aromatic N) is 1. The van der Waals surface area contributed by atoms with E-state index in [1.807, 2.05) is 18.2 Å². The largest absolute Gasteiger partial charge is 0.497 e. The maximum atomic E-state index is 12.8. The highest BCUT2D eigenvalue weighted by atomic mass is 32.2. The van der Waals surface area contributed by atoms with Gasteiger partial charge in [0.25, 0.3) is 0 Å². The summed E-state index contributed by atoms with van der Waals surface area (Å²) >= 11 is 0. The Kier molecular flexibility index (Phi) is 7.27. The van der Waals surface area contributed by atoms with Crippen molar-refractivity contribution in [2.45, 2.75) is 62.3 Å². The number of benzene rings is 2. The highest BCUT2D eigenvalue weighted by Gasteiger charge is 2.26. The van der Waals surface area contributed by atoms with Crippen LogP contribution in [0.5, 0.6) is 5.75 Å². The van der Waals surface area contributed by atoms with Crippen LogP contribution in [0, 0.1) is 0 Å². The first kappa shape index (κ1) is 23.6. The molecule has 7 heteroatoms. The predicted octanol–water partition coefficient (Wildman–Crippen LogP) is 4.08. The Hall–Kier alpha value is -2.54. The molecule has 178 valence electrons. The summed E-state index contributed by atoms with van der Waals surface area (Å²) in [6.45, 7) is 3.35. The van der Waals surface area contributed by atoms with Crippen LogP contribution < -0.4 is 15.0 Å². The molecule has 0 spiro atoms. The molecule has 0 bridgehead atoms. The molecule has 4 rings (SSSR count). The van der Waals surface area contributed by atoms with Crippen LogP contribution in [0.1, 0.15) is 56.1 Å². The lowest BCUT2D eigenvalue weighted by molar-refractivity contribution is -0.122. The number of piperidine rings is 1. The molecule has 0 aromatic heterocycles. The molecule has 0 radical (unpaired) electrons. The quantitative estimate of drug-likeness (QED) is 0.660. The van der Waals surface area contributed by atoms with Crippen molar-refractivity contribution in [3.63, 3.8) is 0 Å². The van der Waals surface area contributed by atoms with Gasteiger partial charge in [-0.25, -0.2) is 8.42 Å². The van der Waals surface area contributed by atoms with E-state index in [4.69, 9.17) is 4.74 Å². The van der Waals surface area contributed by atoms with Gasteiger partial charge in [0, 0.05) is 31.2 Å². The van der Waals surface area contributed by atoms with E-state index in [0.29, 0.717) is 11.3 Å². The molecule has 1 amide bonds. The number of fused-ring (bicyclic) bond motifs is 1. The van der Waals surface area contributed by atoms with Crippen LogP contribution in [0.4, 0.5) is 5.69 Å². The number of rotatable bonds is 7. The van der Waals surface area contributed by atoms with Gasteiger partial charge < -0.3 is 15.0 Å². The van der Waals surface area contributed by atoms with E-state index in [-0.39, 0.29) is 23.6 Å². The fourth-order valence-electron chi connectivity index (χ4n) is 5.05. The van der Waals surface area contributed by atoms with Crippen molar-refractivity contribution in [2.24, 2.45) is 0 Å². The normalized spacial score (nSPS) is 19.1. The molecule has 0 saturated carbocycles. The Balaban J connectivity index is 1.29. The molecule has 1 aliphatic heterocycles. The van der Waals surface area contributed by atoms with E-state index in [1.54, 1.807) is 26.2 Å². The van der Waals surface area contributed by atoms with Crippen LogP contribution in [-0.2, 0) is 21.1 Å². The van der Waals surface area contributed by atoms with E-state index in [0.717, 1.165) is 56.6 Å². The number of hydrogen-bond donors (Lipinski definition) is 1. The van der Waals surface area contributed by atoms with Gasteiger partial charge in [-0.15, -0.1) is 0 Å². The van der Waals surface area contributed by atoms with Crippen LogP contribution in [0.2, 0.25) is 0 Å². The molecule has 2 aromatic rings. The van der Waals surface area contributed by atoms with Crippen molar-refractivity contribution >= 4 is 21.4 Å². The second kappa shape index (κ2) is 10.2. The standard InChI is InChI=1S/C26H34N2O4S/c1-3-33(30,31)24-10-7-22(8-11-24)28-15-13-21(14-16-28)27-26(29)18-20-6-4-5-19-17-23(32-2)9-12-25(19)20/h7-12,17,20-21H,3-6,13-16,18H2,1-2H3,(H,27,29). The molecule has 2 aromatic carbocycles. The first-order valence-corrected chi connectivity index (χ1v) is 13.6. The number of ether oxygens (including phenoxy) is 1. The highest BCUT2D eigenvalue weighted by Crippen LogP contribution is 2.36. The van der Waals surface area contributed by atoms with Gasteiger partial charge in [0.1, 0.15) is 5.75 Å². The molecule has 1 fully saturated rings. The zero-order chi connectivity index (χ0) is 23.4. The first-order chi connectivity index (χ1) is 15.9. The van der Waals surface area contributed by atoms with Gasteiger partial charge in [-0.3, -0.25) is 4.79 Å². The summed E-state index contributed by atoms with van der Waals surface area (Å²) in [5.41, 5.74) is 3.63. The van der Waals surface area contributed by atoms with E-state index in [9.17, 15) is 13.2 Å². The topological polar surface area (TPSA) is 75.7 Å². The average Bonchev–Trinajstić information content (AvgIpc) is 2.84. The summed E-state index contributed by atoms with van der Waals surface area (Å²) < 4.78 is 29.4. The van der Waals surface area contributed by atoms with Gasteiger partial charge in [-0.05, 0) is 85.5 Å². The summed E-state index contributed by atoms with van der Waals surface area (Å²) in [5, 5.41) is 3.26. The summed E-state index contributed by atoms with van der Waals surface area (Å²) in [5.74, 6) is 1.40. The Morgan fingerprint density at radius 2 is 1.82 bits per heavy atom. The van der Waals surface area contributed by atoms with Crippen LogP contribution in [0.3, 0.4) is 0 Å². The van der Waals surface area contributed by atoms with Crippen LogP contribution in [0.15, 0.2) is 47.4 Å². The fourth-order valence-corrected chi connectivity index (χ4v) is 5.94. The Morgan fingerprint density at radius 1 is 1.09 bits per heavy atom. The van der Waals surface area contributed by atoms with Gasteiger partial charge in [0.05, 0.1) is 17.8 Å². The molecule has 1 heterocycles. The molecule has 1 unspecified atom stereocenters. The van der Waals surface area contributed by atoms with E-state index in [1.165, 1.54) is 11.1 Å². The lowest BCUT2D eigenvalue weighted by Crippen LogP contribution is -2.45. The second-order valence-corrected chi connectivity index (χ2v) is 11.4. The number of carbonyl (C=O) groups excluding carboxylic acids is 1. The SMILES string of the molecule is CCS(=O)(=O)c1ccc(N2CCC(NC(=O)CC3CCCc4cc(OC)ccc43)CC2)cc1. The number of amides is 1. The van der Waals surface area contributed by atoms with E-state index < -0.39 is 9.84 Å². The molecule has 1 aliphatic carbocycles. The number of aryl methyl sites for hydroxylation is 1. The molecular weight excluding hydrogens is 436 g/mol. The van der Waals surface area contributed by atoms with Gasteiger partial charge in [-0.1, -0.05) is 13.0 Å². The molecule has 1 saturated heterocycles. The third kappa shape index (κ3) is 5.52. The number of sulfone groups is 1. The highest BCUT2D eigenvalue weighted by molar-refractivity contribution is 7.91. The molecule has 33 heavy (non-hydrogen) atoms. The number of methoxy groups -OCH3 is 1. The van der Waals surface area contributed by atoms with Crippen LogP contribution in [0.25, 0.3) is 0 Å².